The fourth-order valence-corrected chi connectivity index (χ4v) is 2.84. The van der Waals surface area contributed by atoms with Crippen LogP contribution >= 0.6 is 0 Å². The minimum atomic E-state index is -0.658. The molecule has 0 fully saturated rings. The third-order valence-corrected chi connectivity index (χ3v) is 4.24. The molecule has 0 aliphatic carbocycles. The van der Waals surface area contributed by atoms with Crippen LogP contribution in [-0.4, -0.2) is 25.7 Å². The molecule has 132 valence electrons. The number of amides is 1. The fraction of sp³-hybridized carbons (Fsp3) is 0.350. The van der Waals surface area contributed by atoms with Crippen molar-refractivity contribution >= 4 is 5.91 Å². The SMILES string of the molecule is COc1ccc([C@H](NC(=O)[C@@H]2COc3ccccc3O2)C(C)C)cc1. The summed E-state index contributed by atoms with van der Waals surface area (Å²) in [5, 5.41) is 3.09. The average molecular weight is 341 g/mol. The molecule has 5 heteroatoms. The topological polar surface area (TPSA) is 56.8 Å². The number of rotatable bonds is 5. The minimum Gasteiger partial charge on any atom is -0.497 e. The summed E-state index contributed by atoms with van der Waals surface area (Å²) in [6.07, 6.45) is -0.658. The molecule has 0 radical (unpaired) electrons. The van der Waals surface area contributed by atoms with Crippen molar-refractivity contribution in [3.63, 3.8) is 0 Å². The fourth-order valence-electron chi connectivity index (χ4n) is 2.84. The number of benzene rings is 2. The second kappa shape index (κ2) is 7.47. The molecule has 1 aliphatic heterocycles. The molecule has 1 aliphatic rings. The van der Waals surface area contributed by atoms with Gasteiger partial charge in [0.15, 0.2) is 11.5 Å². The van der Waals surface area contributed by atoms with Crippen molar-refractivity contribution in [3.05, 3.63) is 54.1 Å². The third-order valence-electron chi connectivity index (χ3n) is 4.24. The smallest absolute Gasteiger partial charge is 0.265 e. The number of fused-ring (bicyclic) bond motifs is 1. The molecular weight excluding hydrogens is 318 g/mol. The summed E-state index contributed by atoms with van der Waals surface area (Å²) in [6.45, 7) is 4.35. The number of hydrogen-bond acceptors (Lipinski definition) is 4. The number of ether oxygens (including phenoxy) is 3. The lowest BCUT2D eigenvalue weighted by molar-refractivity contribution is -0.131. The Morgan fingerprint density at radius 3 is 2.44 bits per heavy atom. The van der Waals surface area contributed by atoms with E-state index in [1.807, 2.05) is 42.5 Å². The van der Waals surface area contributed by atoms with E-state index >= 15 is 0 Å². The summed E-state index contributed by atoms with van der Waals surface area (Å²) in [6, 6.07) is 15.0. The van der Waals surface area contributed by atoms with Crippen LogP contribution in [0, 0.1) is 5.92 Å². The first-order valence-electron chi connectivity index (χ1n) is 8.41. The standard InChI is InChI=1S/C20H23NO4/c1-13(2)19(14-8-10-15(23-3)11-9-14)21-20(22)18-12-24-16-6-4-5-7-17(16)25-18/h4-11,13,18-19H,12H2,1-3H3,(H,21,22)/t18-,19+/m0/s1. The van der Waals surface area contributed by atoms with Crippen molar-refractivity contribution in [2.45, 2.75) is 26.0 Å². The Morgan fingerprint density at radius 1 is 1.12 bits per heavy atom. The summed E-state index contributed by atoms with van der Waals surface area (Å²) in [7, 11) is 1.63. The van der Waals surface area contributed by atoms with Crippen LogP contribution < -0.4 is 19.5 Å². The van der Waals surface area contributed by atoms with Crippen molar-refractivity contribution in [3.8, 4) is 17.2 Å². The summed E-state index contributed by atoms with van der Waals surface area (Å²) in [4.78, 5) is 12.7. The van der Waals surface area contributed by atoms with Crippen molar-refractivity contribution in [1.82, 2.24) is 5.32 Å². The summed E-state index contributed by atoms with van der Waals surface area (Å²) < 4.78 is 16.6. The maximum Gasteiger partial charge on any atom is 0.265 e. The predicted octanol–water partition coefficient (Wildman–Crippen LogP) is 3.35. The maximum absolute atomic E-state index is 12.7. The molecule has 0 bridgehead atoms. The van der Waals surface area contributed by atoms with Crippen LogP contribution in [0.5, 0.6) is 17.2 Å². The first-order chi connectivity index (χ1) is 12.1. The second-order valence-electron chi connectivity index (χ2n) is 6.37. The quantitative estimate of drug-likeness (QED) is 0.906. The molecule has 25 heavy (non-hydrogen) atoms. The zero-order chi connectivity index (χ0) is 17.8. The van der Waals surface area contributed by atoms with Crippen LogP contribution in [0.3, 0.4) is 0 Å². The van der Waals surface area contributed by atoms with Crippen molar-refractivity contribution in [2.24, 2.45) is 5.92 Å². The van der Waals surface area contributed by atoms with E-state index in [0.29, 0.717) is 11.5 Å². The van der Waals surface area contributed by atoms with Crippen LogP contribution in [0.25, 0.3) is 0 Å². The first kappa shape index (κ1) is 17.1. The monoisotopic (exact) mass is 341 g/mol. The Bertz CT molecular complexity index is 727. The Balaban J connectivity index is 1.71. The Labute approximate surface area is 147 Å². The molecular formula is C20H23NO4. The highest BCUT2D eigenvalue weighted by molar-refractivity contribution is 5.82. The van der Waals surface area contributed by atoms with E-state index in [-0.39, 0.29) is 24.5 Å². The molecule has 3 rings (SSSR count). The van der Waals surface area contributed by atoms with Gasteiger partial charge in [0, 0.05) is 0 Å². The van der Waals surface area contributed by atoms with Crippen molar-refractivity contribution in [1.29, 1.82) is 0 Å². The molecule has 0 spiro atoms. The van der Waals surface area contributed by atoms with Crippen LogP contribution in [0.1, 0.15) is 25.5 Å². The van der Waals surface area contributed by atoms with Crippen LogP contribution in [0.15, 0.2) is 48.5 Å². The number of nitrogens with one attached hydrogen (secondary N) is 1. The van der Waals surface area contributed by atoms with Gasteiger partial charge in [-0.05, 0) is 35.7 Å². The van der Waals surface area contributed by atoms with E-state index in [1.54, 1.807) is 13.2 Å². The van der Waals surface area contributed by atoms with E-state index in [2.05, 4.69) is 19.2 Å². The van der Waals surface area contributed by atoms with Gasteiger partial charge in [-0.15, -0.1) is 0 Å². The summed E-state index contributed by atoms with van der Waals surface area (Å²) >= 11 is 0. The van der Waals surface area contributed by atoms with Gasteiger partial charge in [0.05, 0.1) is 13.2 Å². The molecule has 1 amide bonds. The molecule has 0 saturated heterocycles. The summed E-state index contributed by atoms with van der Waals surface area (Å²) in [5.74, 6) is 2.11. The molecule has 0 aromatic heterocycles. The van der Waals surface area contributed by atoms with E-state index < -0.39 is 6.10 Å². The third kappa shape index (κ3) is 3.87. The normalized spacial score (nSPS) is 17.0. The summed E-state index contributed by atoms with van der Waals surface area (Å²) in [5.41, 5.74) is 1.03. The average Bonchev–Trinajstić information content (AvgIpc) is 2.65. The number of para-hydroxylation sites is 2. The lowest BCUT2D eigenvalue weighted by atomic mass is 9.95. The van der Waals surface area contributed by atoms with Crippen LogP contribution in [-0.2, 0) is 4.79 Å². The molecule has 0 saturated carbocycles. The first-order valence-corrected chi connectivity index (χ1v) is 8.41. The van der Waals surface area contributed by atoms with Crippen LogP contribution in [0.2, 0.25) is 0 Å². The van der Waals surface area contributed by atoms with Gasteiger partial charge in [0.1, 0.15) is 12.4 Å². The molecule has 2 atom stereocenters. The molecule has 5 nitrogen and oxygen atoms in total. The Morgan fingerprint density at radius 2 is 1.80 bits per heavy atom. The minimum absolute atomic E-state index is 0.112. The van der Waals surface area contributed by atoms with Gasteiger partial charge >= 0.3 is 0 Å². The lowest BCUT2D eigenvalue weighted by Crippen LogP contribution is -2.46. The van der Waals surface area contributed by atoms with E-state index in [4.69, 9.17) is 14.2 Å². The molecule has 1 heterocycles. The number of methoxy groups -OCH3 is 1. The van der Waals surface area contributed by atoms with Gasteiger partial charge in [-0.1, -0.05) is 38.1 Å². The number of carbonyl (C=O) groups is 1. The molecule has 0 unspecified atom stereocenters. The number of carbonyl (C=O) groups excluding carboxylic acids is 1. The van der Waals surface area contributed by atoms with E-state index in [1.165, 1.54) is 0 Å². The Kier molecular flexibility index (Phi) is 5.12. The maximum atomic E-state index is 12.7. The highest BCUT2D eigenvalue weighted by Crippen LogP contribution is 2.31. The van der Waals surface area contributed by atoms with Crippen molar-refractivity contribution in [2.75, 3.05) is 13.7 Å². The van der Waals surface area contributed by atoms with Gasteiger partial charge in [-0.2, -0.15) is 0 Å². The molecule has 2 aromatic carbocycles. The van der Waals surface area contributed by atoms with Gasteiger partial charge < -0.3 is 19.5 Å². The number of hydrogen-bond donors (Lipinski definition) is 1. The van der Waals surface area contributed by atoms with E-state index in [9.17, 15) is 4.79 Å². The highest BCUT2D eigenvalue weighted by Gasteiger charge is 2.30. The van der Waals surface area contributed by atoms with Gasteiger partial charge in [-0.25, -0.2) is 0 Å². The largest absolute Gasteiger partial charge is 0.497 e. The van der Waals surface area contributed by atoms with Gasteiger partial charge in [-0.3, -0.25) is 4.79 Å². The van der Waals surface area contributed by atoms with Crippen LogP contribution in [0.4, 0.5) is 0 Å². The zero-order valence-electron chi connectivity index (χ0n) is 14.7. The van der Waals surface area contributed by atoms with Crippen molar-refractivity contribution < 1.29 is 19.0 Å². The second-order valence-corrected chi connectivity index (χ2v) is 6.37. The molecule has 2 aromatic rings. The molecule has 1 N–H and O–H groups in total. The zero-order valence-corrected chi connectivity index (χ0v) is 14.7. The van der Waals surface area contributed by atoms with Gasteiger partial charge in [0.25, 0.3) is 5.91 Å². The predicted molar refractivity (Wildman–Crippen MR) is 95.1 cm³/mol. The highest BCUT2D eigenvalue weighted by atomic mass is 16.6. The van der Waals surface area contributed by atoms with E-state index in [0.717, 1.165) is 11.3 Å². The lowest BCUT2D eigenvalue weighted by Gasteiger charge is -2.29. The van der Waals surface area contributed by atoms with Gasteiger partial charge in [0.2, 0.25) is 6.10 Å². The Hall–Kier alpha value is -2.69.